The molecule has 124 valence electrons. The normalized spacial score (nSPS) is 23.6. The van der Waals surface area contributed by atoms with E-state index in [0.29, 0.717) is 17.2 Å². The fourth-order valence-corrected chi connectivity index (χ4v) is 4.05. The summed E-state index contributed by atoms with van der Waals surface area (Å²) in [5.41, 5.74) is 0.232. The van der Waals surface area contributed by atoms with Gasteiger partial charge in [-0.3, -0.25) is 4.79 Å². The lowest BCUT2D eigenvalue weighted by molar-refractivity contribution is -0.132. The molecule has 0 radical (unpaired) electrons. The minimum atomic E-state index is -0.0581. The molecule has 2 N–H and O–H groups in total. The molecule has 2 aliphatic rings. The van der Waals surface area contributed by atoms with Gasteiger partial charge in [-0.05, 0) is 56.5 Å². The maximum absolute atomic E-state index is 12.8. The molecule has 2 fully saturated rings. The standard InChI is InChI=1S/C17H32N2O.ClH/c1-14(2)12-17(6-4-5-7-17)15(20)19-13-16(3)8-10-18-11-9-16;/h14,18H,4-13H2,1-3H3,(H,19,20);1H. The number of nitrogens with one attached hydrogen (secondary N) is 2. The lowest BCUT2D eigenvalue weighted by atomic mass is 9.76. The number of carbonyl (C=O) groups is 1. The Morgan fingerprint density at radius 1 is 1.14 bits per heavy atom. The van der Waals surface area contributed by atoms with Gasteiger partial charge in [0.2, 0.25) is 5.91 Å². The molecule has 1 saturated carbocycles. The van der Waals surface area contributed by atoms with Crippen LogP contribution in [0, 0.1) is 16.7 Å². The van der Waals surface area contributed by atoms with Crippen molar-refractivity contribution >= 4 is 18.3 Å². The number of halogens is 1. The number of carbonyl (C=O) groups excluding carboxylic acids is 1. The van der Waals surface area contributed by atoms with E-state index in [1.165, 1.54) is 25.7 Å². The molecule has 1 aliphatic carbocycles. The predicted octanol–water partition coefficient (Wildman–Crippen LogP) is 3.52. The fraction of sp³-hybridized carbons (Fsp3) is 0.941. The minimum Gasteiger partial charge on any atom is -0.355 e. The Kier molecular flexibility index (Phi) is 6.99. The summed E-state index contributed by atoms with van der Waals surface area (Å²) in [5, 5.41) is 6.72. The SMILES string of the molecule is CC(C)CC1(C(=O)NCC2(C)CCNCC2)CCCC1.Cl. The molecule has 21 heavy (non-hydrogen) atoms. The Morgan fingerprint density at radius 3 is 2.24 bits per heavy atom. The highest BCUT2D eigenvalue weighted by Gasteiger charge is 2.41. The molecule has 0 aromatic carbocycles. The summed E-state index contributed by atoms with van der Waals surface area (Å²) >= 11 is 0. The largest absolute Gasteiger partial charge is 0.355 e. The zero-order chi connectivity index (χ0) is 14.6. The number of hydrogen-bond acceptors (Lipinski definition) is 2. The highest BCUT2D eigenvalue weighted by atomic mass is 35.5. The van der Waals surface area contributed by atoms with Gasteiger partial charge >= 0.3 is 0 Å². The molecule has 1 saturated heterocycles. The summed E-state index contributed by atoms with van der Waals surface area (Å²) in [6, 6.07) is 0. The van der Waals surface area contributed by atoms with Crippen LogP contribution in [-0.4, -0.2) is 25.5 Å². The number of hydrogen-bond donors (Lipinski definition) is 2. The Balaban J connectivity index is 0.00000220. The van der Waals surface area contributed by atoms with E-state index in [0.717, 1.165) is 38.9 Å². The molecule has 1 aliphatic heterocycles. The second-order valence-corrected chi connectivity index (χ2v) is 7.83. The Bertz CT molecular complexity index is 332. The molecule has 3 nitrogen and oxygen atoms in total. The lowest BCUT2D eigenvalue weighted by Gasteiger charge is -2.36. The third kappa shape index (κ3) is 4.85. The first kappa shape index (κ1) is 18.8. The molecule has 4 heteroatoms. The van der Waals surface area contributed by atoms with Crippen LogP contribution in [0.3, 0.4) is 0 Å². The van der Waals surface area contributed by atoms with E-state index < -0.39 is 0 Å². The third-order valence-electron chi connectivity index (χ3n) is 5.33. The first-order valence-corrected chi connectivity index (χ1v) is 8.45. The number of rotatable bonds is 5. The molecule has 0 spiro atoms. The van der Waals surface area contributed by atoms with Gasteiger partial charge in [-0.2, -0.15) is 0 Å². The van der Waals surface area contributed by atoms with E-state index in [2.05, 4.69) is 31.4 Å². The second-order valence-electron chi connectivity index (χ2n) is 7.83. The van der Waals surface area contributed by atoms with Crippen LogP contribution in [0.4, 0.5) is 0 Å². The van der Waals surface area contributed by atoms with Gasteiger partial charge in [0, 0.05) is 12.0 Å². The Labute approximate surface area is 136 Å². The molecule has 1 amide bonds. The van der Waals surface area contributed by atoms with Crippen LogP contribution in [0.2, 0.25) is 0 Å². The van der Waals surface area contributed by atoms with E-state index in [1.54, 1.807) is 0 Å². The van der Waals surface area contributed by atoms with E-state index in [1.807, 2.05) is 0 Å². The third-order valence-corrected chi connectivity index (χ3v) is 5.33. The molecule has 0 aromatic heterocycles. The fourth-order valence-electron chi connectivity index (χ4n) is 4.05. The van der Waals surface area contributed by atoms with Gasteiger partial charge in [0.1, 0.15) is 0 Å². The van der Waals surface area contributed by atoms with Gasteiger partial charge in [-0.15, -0.1) is 12.4 Å². The quantitative estimate of drug-likeness (QED) is 0.815. The van der Waals surface area contributed by atoms with Crippen LogP contribution in [-0.2, 0) is 4.79 Å². The summed E-state index contributed by atoms with van der Waals surface area (Å²) < 4.78 is 0. The van der Waals surface area contributed by atoms with Crippen molar-refractivity contribution in [3.63, 3.8) is 0 Å². The molecule has 0 bridgehead atoms. The summed E-state index contributed by atoms with van der Waals surface area (Å²) in [7, 11) is 0. The van der Waals surface area contributed by atoms with Crippen LogP contribution in [0.25, 0.3) is 0 Å². The van der Waals surface area contributed by atoms with Gasteiger partial charge < -0.3 is 10.6 Å². The van der Waals surface area contributed by atoms with Crippen LogP contribution >= 0.6 is 12.4 Å². The van der Waals surface area contributed by atoms with Gasteiger partial charge in [-0.25, -0.2) is 0 Å². The summed E-state index contributed by atoms with van der Waals surface area (Å²) in [5.74, 6) is 0.941. The van der Waals surface area contributed by atoms with Crippen molar-refractivity contribution < 1.29 is 4.79 Å². The molecule has 2 rings (SSSR count). The van der Waals surface area contributed by atoms with Crippen molar-refractivity contribution in [3.05, 3.63) is 0 Å². The Hall–Kier alpha value is -0.280. The molecule has 1 heterocycles. The van der Waals surface area contributed by atoms with Gasteiger partial charge in [0.15, 0.2) is 0 Å². The van der Waals surface area contributed by atoms with E-state index in [9.17, 15) is 4.79 Å². The number of amides is 1. The lowest BCUT2D eigenvalue weighted by Crippen LogP contribution is -2.47. The first-order valence-electron chi connectivity index (χ1n) is 8.45. The van der Waals surface area contributed by atoms with Crippen molar-refractivity contribution in [2.45, 2.75) is 65.7 Å². The average Bonchev–Trinajstić information content (AvgIpc) is 2.86. The molecule has 0 aromatic rings. The molecule has 0 unspecified atom stereocenters. The molecule has 0 atom stereocenters. The maximum atomic E-state index is 12.8. The summed E-state index contributed by atoms with van der Waals surface area (Å²) in [6.07, 6.45) is 8.03. The summed E-state index contributed by atoms with van der Waals surface area (Å²) in [4.78, 5) is 12.8. The van der Waals surface area contributed by atoms with Crippen molar-refractivity contribution in [2.24, 2.45) is 16.7 Å². The van der Waals surface area contributed by atoms with E-state index >= 15 is 0 Å². The number of piperidine rings is 1. The van der Waals surface area contributed by atoms with Gasteiger partial charge in [0.05, 0.1) is 0 Å². The van der Waals surface area contributed by atoms with Crippen LogP contribution < -0.4 is 10.6 Å². The monoisotopic (exact) mass is 316 g/mol. The van der Waals surface area contributed by atoms with E-state index in [-0.39, 0.29) is 17.8 Å². The van der Waals surface area contributed by atoms with E-state index in [4.69, 9.17) is 0 Å². The maximum Gasteiger partial charge on any atom is 0.226 e. The molecular weight excluding hydrogens is 284 g/mol. The van der Waals surface area contributed by atoms with Crippen LogP contribution in [0.1, 0.15) is 65.7 Å². The molecular formula is C17H33ClN2O. The van der Waals surface area contributed by atoms with Crippen molar-refractivity contribution in [2.75, 3.05) is 19.6 Å². The predicted molar refractivity (Wildman–Crippen MR) is 90.8 cm³/mol. The van der Waals surface area contributed by atoms with Crippen molar-refractivity contribution in [1.29, 1.82) is 0 Å². The summed E-state index contributed by atoms with van der Waals surface area (Å²) in [6.45, 7) is 9.82. The van der Waals surface area contributed by atoms with Gasteiger partial charge in [0.25, 0.3) is 0 Å². The topological polar surface area (TPSA) is 41.1 Å². The van der Waals surface area contributed by atoms with Crippen LogP contribution in [0.15, 0.2) is 0 Å². The zero-order valence-electron chi connectivity index (χ0n) is 14.0. The minimum absolute atomic E-state index is 0. The average molecular weight is 317 g/mol. The first-order chi connectivity index (χ1) is 9.46. The Morgan fingerprint density at radius 2 is 1.71 bits per heavy atom. The van der Waals surface area contributed by atoms with Crippen molar-refractivity contribution in [3.8, 4) is 0 Å². The second kappa shape index (κ2) is 7.82. The van der Waals surface area contributed by atoms with Crippen LogP contribution in [0.5, 0.6) is 0 Å². The van der Waals surface area contributed by atoms with Crippen molar-refractivity contribution in [1.82, 2.24) is 10.6 Å². The van der Waals surface area contributed by atoms with Gasteiger partial charge in [-0.1, -0.05) is 33.6 Å². The zero-order valence-corrected chi connectivity index (χ0v) is 14.8. The highest BCUT2D eigenvalue weighted by molar-refractivity contribution is 5.85. The highest BCUT2D eigenvalue weighted by Crippen LogP contribution is 2.43. The smallest absolute Gasteiger partial charge is 0.226 e.